The predicted octanol–water partition coefficient (Wildman–Crippen LogP) is 2.60. The number of carbonyl (C=O) groups excluding carboxylic acids is 2. The van der Waals surface area contributed by atoms with Crippen LogP contribution in [0.3, 0.4) is 0 Å². The van der Waals surface area contributed by atoms with Crippen LogP contribution in [0.1, 0.15) is 23.0 Å². The summed E-state index contributed by atoms with van der Waals surface area (Å²) in [6.07, 6.45) is 1.61. The van der Waals surface area contributed by atoms with Crippen LogP contribution < -0.4 is 10.2 Å². The molecule has 0 spiro atoms. The number of hydrogen-bond acceptors (Lipinski definition) is 4. The maximum Gasteiger partial charge on any atom is 0.414 e. The lowest BCUT2D eigenvalue weighted by molar-refractivity contribution is 0.0889. The Bertz CT molecular complexity index is 679. The topological polar surface area (TPSA) is 71.8 Å². The number of nitrogens with one attached hydrogen (secondary N) is 1. The number of hydrogen-bond donors (Lipinski definition) is 1. The molecule has 6 nitrogen and oxygen atoms in total. The molecule has 1 N–H and O–H groups in total. The Kier molecular flexibility index (Phi) is 4.32. The summed E-state index contributed by atoms with van der Waals surface area (Å²) < 4.78 is 10.3. The zero-order valence-corrected chi connectivity index (χ0v) is 12.8. The number of furan rings is 1. The van der Waals surface area contributed by atoms with Gasteiger partial charge in [0.2, 0.25) is 0 Å². The van der Waals surface area contributed by atoms with Crippen LogP contribution in [-0.2, 0) is 11.2 Å². The van der Waals surface area contributed by atoms with Crippen molar-refractivity contribution < 1.29 is 18.7 Å². The first-order valence-electron chi connectivity index (χ1n) is 7.56. The number of anilines is 1. The van der Waals surface area contributed by atoms with Crippen molar-refractivity contribution in [3.05, 3.63) is 54.0 Å². The number of nitrogens with zero attached hydrogens (tertiary/aromatic N) is 1. The van der Waals surface area contributed by atoms with E-state index in [9.17, 15) is 9.59 Å². The Labute approximate surface area is 134 Å². The average Bonchev–Trinajstić information content (AvgIpc) is 3.22. The van der Waals surface area contributed by atoms with Crippen LogP contribution in [0.4, 0.5) is 10.5 Å². The lowest BCUT2D eigenvalue weighted by Gasteiger charge is -2.13. The lowest BCUT2D eigenvalue weighted by Crippen LogP contribution is -2.34. The third-order valence-electron chi connectivity index (χ3n) is 3.77. The molecule has 0 bridgehead atoms. The number of rotatable bonds is 5. The summed E-state index contributed by atoms with van der Waals surface area (Å²) in [5.41, 5.74) is 2.01. The Balaban J connectivity index is 1.57. The summed E-state index contributed by atoms with van der Waals surface area (Å²) in [5, 5.41) is 2.70. The molecule has 1 unspecified atom stereocenters. The van der Waals surface area contributed by atoms with Crippen molar-refractivity contribution in [2.24, 2.45) is 0 Å². The maximum absolute atomic E-state index is 12.0. The van der Waals surface area contributed by atoms with E-state index >= 15 is 0 Å². The number of amides is 2. The van der Waals surface area contributed by atoms with Gasteiger partial charge in [-0.15, -0.1) is 0 Å². The van der Waals surface area contributed by atoms with E-state index in [2.05, 4.69) is 12.2 Å². The van der Waals surface area contributed by atoms with Crippen molar-refractivity contribution in [1.29, 1.82) is 0 Å². The van der Waals surface area contributed by atoms with Crippen LogP contribution in [0.5, 0.6) is 0 Å². The normalized spacial score (nSPS) is 17.2. The molecular weight excluding hydrogens is 296 g/mol. The molecule has 1 fully saturated rings. The molecule has 1 saturated heterocycles. The van der Waals surface area contributed by atoms with Crippen LogP contribution in [0.15, 0.2) is 47.1 Å². The second-order valence-corrected chi connectivity index (χ2v) is 5.32. The molecule has 1 atom stereocenters. The van der Waals surface area contributed by atoms with Gasteiger partial charge in [0.1, 0.15) is 6.10 Å². The van der Waals surface area contributed by atoms with Crippen LogP contribution >= 0.6 is 0 Å². The maximum atomic E-state index is 12.0. The molecule has 1 aliphatic heterocycles. The predicted molar refractivity (Wildman–Crippen MR) is 84.5 cm³/mol. The standard InChI is InChI=1S/C17H18N2O4/c1-2-12-5-7-13(8-6-12)19-11-14(23-17(19)21)10-18-16(20)15-4-3-9-22-15/h3-9,14H,2,10-11H2,1H3,(H,18,20). The number of carbonyl (C=O) groups is 2. The first kappa shape index (κ1) is 15.1. The van der Waals surface area contributed by atoms with Crippen LogP contribution in [0, 0.1) is 0 Å². The molecule has 23 heavy (non-hydrogen) atoms. The second-order valence-electron chi connectivity index (χ2n) is 5.32. The van der Waals surface area contributed by atoms with Crippen molar-refractivity contribution in [3.8, 4) is 0 Å². The van der Waals surface area contributed by atoms with Crippen molar-refractivity contribution in [2.45, 2.75) is 19.4 Å². The molecule has 2 heterocycles. The molecule has 0 saturated carbocycles. The minimum Gasteiger partial charge on any atom is -0.459 e. The van der Waals surface area contributed by atoms with Crippen LogP contribution in [-0.4, -0.2) is 31.2 Å². The Morgan fingerprint density at radius 2 is 2.09 bits per heavy atom. The Morgan fingerprint density at radius 3 is 2.74 bits per heavy atom. The van der Waals surface area contributed by atoms with E-state index in [0.717, 1.165) is 12.1 Å². The second kappa shape index (κ2) is 6.56. The number of aryl methyl sites for hydroxylation is 1. The highest BCUT2D eigenvalue weighted by Gasteiger charge is 2.32. The molecule has 3 rings (SSSR count). The van der Waals surface area contributed by atoms with E-state index < -0.39 is 6.09 Å². The highest BCUT2D eigenvalue weighted by Crippen LogP contribution is 2.22. The molecule has 2 amide bonds. The summed E-state index contributed by atoms with van der Waals surface area (Å²) >= 11 is 0. The van der Waals surface area contributed by atoms with Crippen molar-refractivity contribution in [3.63, 3.8) is 0 Å². The highest BCUT2D eigenvalue weighted by atomic mass is 16.6. The number of cyclic esters (lactones) is 1. The molecule has 0 radical (unpaired) electrons. The van der Waals surface area contributed by atoms with Gasteiger partial charge in [0.25, 0.3) is 5.91 Å². The zero-order chi connectivity index (χ0) is 16.2. The smallest absolute Gasteiger partial charge is 0.414 e. The van der Waals surface area contributed by atoms with Crippen molar-refractivity contribution in [2.75, 3.05) is 18.0 Å². The molecule has 120 valence electrons. The van der Waals surface area contributed by atoms with Gasteiger partial charge in [-0.05, 0) is 36.2 Å². The Morgan fingerprint density at radius 1 is 1.30 bits per heavy atom. The van der Waals surface area contributed by atoms with Gasteiger partial charge in [0, 0.05) is 5.69 Å². The van der Waals surface area contributed by atoms with Crippen molar-refractivity contribution >= 4 is 17.7 Å². The molecular formula is C17H18N2O4. The quantitative estimate of drug-likeness (QED) is 0.921. The first-order valence-corrected chi connectivity index (χ1v) is 7.56. The summed E-state index contributed by atoms with van der Waals surface area (Å²) in [5.74, 6) is -0.0851. The van der Waals surface area contributed by atoms with E-state index in [0.29, 0.717) is 6.54 Å². The minimum absolute atomic E-state index is 0.237. The fourth-order valence-electron chi connectivity index (χ4n) is 2.45. The number of benzene rings is 1. The molecule has 1 aromatic heterocycles. The van der Waals surface area contributed by atoms with E-state index in [1.807, 2.05) is 24.3 Å². The fraction of sp³-hybridized carbons (Fsp3) is 0.294. The third-order valence-corrected chi connectivity index (χ3v) is 3.77. The van der Waals surface area contributed by atoms with Gasteiger partial charge in [-0.2, -0.15) is 0 Å². The third kappa shape index (κ3) is 3.36. The summed E-state index contributed by atoms with van der Waals surface area (Å²) in [6.45, 7) is 2.73. The lowest BCUT2D eigenvalue weighted by atomic mass is 10.1. The van der Waals surface area contributed by atoms with Gasteiger partial charge in [-0.1, -0.05) is 19.1 Å². The van der Waals surface area contributed by atoms with Gasteiger partial charge in [0.15, 0.2) is 5.76 Å². The van der Waals surface area contributed by atoms with Gasteiger partial charge in [0.05, 0.1) is 19.4 Å². The van der Waals surface area contributed by atoms with Gasteiger partial charge >= 0.3 is 6.09 Å². The van der Waals surface area contributed by atoms with E-state index in [1.54, 1.807) is 17.0 Å². The summed E-state index contributed by atoms with van der Waals surface area (Å²) in [7, 11) is 0. The fourth-order valence-corrected chi connectivity index (χ4v) is 2.45. The van der Waals surface area contributed by atoms with Gasteiger partial charge in [-0.25, -0.2) is 4.79 Å². The van der Waals surface area contributed by atoms with Crippen molar-refractivity contribution in [1.82, 2.24) is 5.32 Å². The summed E-state index contributed by atoms with van der Waals surface area (Å²) in [4.78, 5) is 25.4. The molecule has 0 aliphatic carbocycles. The SMILES string of the molecule is CCc1ccc(N2CC(CNC(=O)c3ccco3)OC2=O)cc1. The highest BCUT2D eigenvalue weighted by molar-refractivity contribution is 5.92. The molecule has 1 aliphatic rings. The molecule has 1 aromatic carbocycles. The number of ether oxygens (including phenoxy) is 1. The minimum atomic E-state index is -0.397. The van der Waals surface area contributed by atoms with E-state index in [1.165, 1.54) is 11.8 Å². The van der Waals surface area contributed by atoms with Gasteiger partial charge < -0.3 is 14.5 Å². The van der Waals surface area contributed by atoms with E-state index in [4.69, 9.17) is 9.15 Å². The average molecular weight is 314 g/mol. The van der Waals surface area contributed by atoms with Crippen LogP contribution in [0.2, 0.25) is 0 Å². The Hall–Kier alpha value is -2.76. The molecule has 2 aromatic rings. The largest absolute Gasteiger partial charge is 0.459 e. The zero-order valence-electron chi connectivity index (χ0n) is 12.8. The monoisotopic (exact) mass is 314 g/mol. The summed E-state index contributed by atoms with van der Waals surface area (Å²) in [6, 6.07) is 11.0. The van der Waals surface area contributed by atoms with E-state index in [-0.39, 0.29) is 24.3 Å². The van der Waals surface area contributed by atoms with Crippen LogP contribution in [0.25, 0.3) is 0 Å². The first-order chi connectivity index (χ1) is 11.2. The van der Waals surface area contributed by atoms with Gasteiger partial charge in [-0.3, -0.25) is 9.69 Å². The molecule has 6 heteroatoms.